The Labute approximate surface area is 212 Å². The van der Waals surface area contributed by atoms with Gasteiger partial charge in [-0.25, -0.2) is 11.1 Å². The quantitative estimate of drug-likeness (QED) is 0.182. The average molecular weight is 522 g/mol. The molecule has 0 atom stereocenters. The van der Waals surface area contributed by atoms with Gasteiger partial charge >= 0.3 is 26.2 Å². The molecule has 3 aromatic carbocycles. The molecule has 0 unspecified atom stereocenters. The molecule has 0 spiro atoms. The van der Waals surface area contributed by atoms with Gasteiger partial charge in [-0.1, -0.05) is 95.1 Å². The van der Waals surface area contributed by atoms with Gasteiger partial charge in [0.25, 0.3) is 0 Å². The summed E-state index contributed by atoms with van der Waals surface area (Å²) in [6.07, 6.45) is 0. The molecule has 0 bridgehead atoms. The summed E-state index contributed by atoms with van der Waals surface area (Å²) >= 11 is 0. The monoisotopic (exact) mass is 520 g/mol. The van der Waals surface area contributed by atoms with Gasteiger partial charge in [-0.2, -0.15) is 11.8 Å². The summed E-state index contributed by atoms with van der Waals surface area (Å²) in [5.74, 6) is 0. The summed E-state index contributed by atoms with van der Waals surface area (Å²) in [6.45, 7) is 20.7. The fraction of sp³-hybridized carbons (Fsp3) is 0.321. The van der Waals surface area contributed by atoms with Crippen molar-refractivity contribution in [3.05, 3.63) is 88.8 Å². The van der Waals surface area contributed by atoms with Crippen molar-refractivity contribution < 1.29 is 26.2 Å². The van der Waals surface area contributed by atoms with E-state index in [0.717, 1.165) is 0 Å². The molecule has 0 aliphatic rings. The number of aryl methyl sites for hydroxylation is 1. The van der Waals surface area contributed by atoms with Crippen molar-refractivity contribution in [1.29, 1.82) is 0 Å². The summed E-state index contributed by atoms with van der Waals surface area (Å²) in [4.78, 5) is 0. The molecule has 0 aliphatic carbocycles. The minimum Gasteiger partial charge on any atom is -0.276 e. The van der Waals surface area contributed by atoms with Gasteiger partial charge in [0, 0.05) is 0 Å². The van der Waals surface area contributed by atoms with Crippen molar-refractivity contribution in [2.75, 3.05) is 0 Å². The number of allylic oxidation sites excluding steroid dienone is 2. The molecule has 31 heavy (non-hydrogen) atoms. The van der Waals surface area contributed by atoms with E-state index in [9.17, 15) is 0 Å². The van der Waals surface area contributed by atoms with Gasteiger partial charge in [0.2, 0.25) is 0 Å². The van der Waals surface area contributed by atoms with Crippen LogP contribution in [0.1, 0.15) is 19.4 Å². The number of hydrogen-bond acceptors (Lipinski definition) is 0. The van der Waals surface area contributed by atoms with Gasteiger partial charge in [-0.05, 0) is 13.6 Å². The van der Waals surface area contributed by atoms with Crippen LogP contribution in [-0.4, -0.2) is 16.1 Å². The number of fused-ring (bicyclic) bond motifs is 1. The zero-order chi connectivity index (χ0) is 22.5. The first-order chi connectivity index (χ1) is 13.9. The van der Waals surface area contributed by atoms with Crippen molar-refractivity contribution in [2.24, 2.45) is 0 Å². The van der Waals surface area contributed by atoms with E-state index in [1.54, 1.807) is 0 Å². The van der Waals surface area contributed by atoms with Crippen LogP contribution in [0.3, 0.4) is 0 Å². The van der Waals surface area contributed by atoms with E-state index in [2.05, 4.69) is 132 Å². The topological polar surface area (TPSA) is 0 Å². The van der Waals surface area contributed by atoms with Gasteiger partial charge in [0.1, 0.15) is 0 Å². The second kappa shape index (κ2) is 11.6. The molecule has 0 aliphatic heterocycles. The van der Waals surface area contributed by atoms with Crippen LogP contribution in [0, 0.1) is 12.6 Å². The Bertz CT molecular complexity index is 998. The molecule has 0 aromatic heterocycles. The van der Waals surface area contributed by atoms with Crippen LogP contribution < -0.4 is 0 Å². The Morgan fingerprint density at radius 1 is 0.871 bits per heavy atom. The summed E-state index contributed by atoms with van der Waals surface area (Å²) < 4.78 is 0. The first-order valence-electron chi connectivity index (χ1n) is 10.9. The maximum atomic E-state index is 3.65. The molecule has 3 rings (SSSR count). The van der Waals surface area contributed by atoms with Gasteiger partial charge < -0.3 is 0 Å². The van der Waals surface area contributed by atoms with Crippen LogP contribution in [0.2, 0.25) is 39.3 Å². The molecule has 0 nitrogen and oxygen atoms in total. The number of rotatable bonds is 4. The predicted molar refractivity (Wildman–Crippen MR) is 143 cm³/mol. The van der Waals surface area contributed by atoms with E-state index in [0.29, 0.717) is 0 Å². The Kier molecular flexibility index (Phi) is 10.5. The maximum Gasteiger partial charge on any atom is 2.00 e. The first-order valence-corrected chi connectivity index (χ1v) is 18.0. The van der Waals surface area contributed by atoms with Crippen molar-refractivity contribution in [2.45, 2.75) is 60.1 Å². The number of benzene rings is 2. The molecule has 0 saturated carbocycles. The molecule has 3 heteroatoms. The van der Waals surface area contributed by atoms with Gasteiger partial charge in [0.15, 0.2) is 0 Å². The first kappa shape index (κ1) is 27.9. The number of hydrogen-bond donors (Lipinski definition) is 0. The van der Waals surface area contributed by atoms with E-state index in [4.69, 9.17) is 0 Å². The van der Waals surface area contributed by atoms with E-state index in [-0.39, 0.29) is 26.2 Å². The third-order valence-electron chi connectivity index (χ3n) is 4.78. The Morgan fingerprint density at radius 2 is 1.48 bits per heavy atom. The summed E-state index contributed by atoms with van der Waals surface area (Å²) in [5, 5.41) is 2.69. The third-order valence-corrected chi connectivity index (χ3v) is 7.21. The van der Waals surface area contributed by atoms with E-state index >= 15 is 0 Å². The Morgan fingerprint density at radius 3 is 2.03 bits per heavy atom. The van der Waals surface area contributed by atoms with Crippen LogP contribution in [0.15, 0.2) is 77.5 Å². The van der Waals surface area contributed by atoms with Crippen LogP contribution in [0.4, 0.5) is 0 Å². The van der Waals surface area contributed by atoms with Gasteiger partial charge in [-0.3, -0.25) is 5.70 Å². The fourth-order valence-electron chi connectivity index (χ4n) is 3.67. The molecule has 3 aromatic rings. The van der Waals surface area contributed by atoms with Crippen molar-refractivity contribution in [3.8, 4) is 11.1 Å². The fourth-order valence-corrected chi connectivity index (χ4v) is 6.51. The van der Waals surface area contributed by atoms with E-state index < -0.39 is 16.1 Å². The molecule has 0 N–H and O–H groups in total. The largest absolute Gasteiger partial charge is 2.00 e. The molecule has 0 heterocycles. The second-order valence-electron chi connectivity index (χ2n) is 10.4. The smallest absolute Gasteiger partial charge is 0.276 e. The van der Waals surface area contributed by atoms with E-state index in [1.165, 1.54) is 38.6 Å². The Hall–Kier alpha value is -1.15. The van der Waals surface area contributed by atoms with E-state index in [1.807, 2.05) is 0 Å². The summed E-state index contributed by atoms with van der Waals surface area (Å²) in [6, 6.07) is 21.6. The molecular weight excluding hydrogens is 484 g/mol. The van der Waals surface area contributed by atoms with Crippen molar-refractivity contribution in [3.63, 3.8) is 0 Å². The van der Waals surface area contributed by atoms with Crippen LogP contribution in [0.5, 0.6) is 0 Å². The molecule has 162 valence electrons. The van der Waals surface area contributed by atoms with Gasteiger partial charge in [-0.15, -0.1) is 41.5 Å². The van der Waals surface area contributed by atoms with Gasteiger partial charge in [0.05, 0.1) is 8.07 Å². The predicted octanol–water partition coefficient (Wildman–Crippen LogP) is 8.97. The SMILES string of the molecule is CC(=[C-][Si](C)(C)C)C(C)=C[Si](C)(C)C.Cc1cc2c(-c3ccccc3)cccc2[cH-]1.[Zr+2]. The van der Waals surface area contributed by atoms with Crippen LogP contribution >= 0.6 is 0 Å². The normalized spacial score (nSPS) is 12.8. The van der Waals surface area contributed by atoms with Crippen molar-refractivity contribution >= 4 is 26.9 Å². The maximum absolute atomic E-state index is 3.65. The Balaban J connectivity index is 0.000000305. The molecule has 0 fully saturated rings. The minimum atomic E-state index is -1.17. The summed E-state index contributed by atoms with van der Waals surface area (Å²) in [7, 11) is -2.24. The van der Waals surface area contributed by atoms with Crippen LogP contribution in [-0.2, 0) is 26.2 Å². The molecule has 0 saturated heterocycles. The summed E-state index contributed by atoms with van der Waals surface area (Å²) in [5.41, 5.74) is 12.9. The zero-order valence-electron chi connectivity index (χ0n) is 20.9. The average Bonchev–Trinajstić information content (AvgIpc) is 3.00. The molecular formula is C28H38Si2Zr. The third kappa shape index (κ3) is 9.47. The standard InChI is InChI=1S/C16H13.C12H25Si2.Zr/c1-12-10-14-8-5-9-15(16(14)11-12)13-6-3-2-4-7-13;1-11(9-13(3,4)5)12(2)10-14(6,7)8;/h2-11H,1H3;9H,1-8H3;/q2*-1;+2. The molecule has 0 amide bonds. The molecule has 0 radical (unpaired) electrons. The van der Waals surface area contributed by atoms with Crippen molar-refractivity contribution in [1.82, 2.24) is 0 Å². The zero-order valence-corrected chi connectivity index (χ0v) is 25.3. The second-order valence-corrected chi connectivity index (χ2v) is 20.2. The van der Waals surface area contributed by atoms with Crippen LogP contribution in [0.25, 0.3) is 21.9 Å². The minimum absolute atomic E-state index is 0.